The lowest BCUT2D eigenvalue weighted by atomic mass is 9.78. The van der Waals surface area contributed by atoms with Crippen molar-refractivity contribution in [3.8, 4) is 5.75 Å². The first-order valence-corrected chi connectivity index (χ1v) is 12.0. The van der Waals surface area contributed by atoms with E-state index in [4.69, 9.17) is 23.8 Å². The average Bonchev–Trinajstić information content (AvgIpc) is 2.95. The van der Waals surface area contributed by atoms with E-state index in [1.165, 1.54) is 0 Å². The molecule has 8 heteroatoms. The molecule has 2 N–H and O–H groups in total. The lowest BCUT2D eigenvalue weighted by molar-refractivity contribution is -0.123. The number of aromatic hydroxyl groups is 1. The molecule has 0 unspecified atom stereocenters. The van der Waals surface area contributed by atoms with Gasteiger partial charge < -0.3 is 5.11 Å². The van der Waals surface area contributed by atoms with Crippen LogP contribution in [0.2, 0.25) is 5.02 Å². The van der Waals surface area contributed by atoms with Gasteiger partial charge >= 0.3 is 0 Å². The Labute approximate surface area is 209 Å². The zero-order valence-electron chi connectivity index (χ0n) is 19.4. The summed E-state index contributed by atoms with van der Waals surface area (Å²) in [7, 11) is 0. The molecule has 33 heavy (non-hydrogen) atoms. The van der Waals surface area contributed by atoms with Crippen molar-refractivity contribution in [3.05, 3.63) is 68.6 Å². The number of phenolic OH excluding ortho intramolecular Hbond substituents is 1. The summed E-state index contributed by atoms with van der Waals surface area (Å²) in [4.78, 5) is 26.0. The second kappa shape index (κ2) is 9.12. The summed E-state index contributed by atoms with van der Waals surface area (Å²) >= 11 is 12.3. The van der Waals surface area contributed by atoms with Gasteiger partial charge in [0.15, 0.2) is 4.32 Å². The van der Waals surface area contributed by atoms with Crippen LogP contribution >= 0.6 is 35.6 Å². The monoisotopic (exact) mass is 502 g/mol. The first-order chi connectivity index (χ1) is 15.2. The van der Waals surface area contributed by atoms with Gasteiger partial charge in [0.25, 0.3) is 11.8 Å². The van der Waals surface area contributed by atoms with Gasteiger partial charge in [0.2, 0.25) is 0 Å². The average molecular weight is 503 g/mol. The van der Waals surface area contributed by atoms with Gasteiger partial charge in [-0.05, 0) is 71.1 Å². The van der Waals surface area contributed by atoms with Crippen LogP contribution in [-0.2, 0) is 15.6 Å². The van der Waals surface area contributed by atoms with Crippen molar-refractivity contribution >= 4 is 57.8 Å². The number of carbonyl (C=O) groups excluding carboxylic acids is 2. The molecule has 5 nitrogen and oxygen atoms in total. The highest BCUT2D eigenvalue weighted by atomic mass is 35.5. The molecular weight excluding hydrogens is 476 g/mol. The number of benzene rings is 2. The number of nitrogens with one attached hydrogen (secondary N) is 1. The molecule has 0 saturated carbocycles. The Kier molecular flexibility index (Phi) is 6.99. The molecule has 1 heterocycles. The summed E-state index contributed by atoms with van der Waals surface area (Å²) in [6.45, 7) is 12.2. The van der Waals surface area contributed by atoms with Gasteiger partial charge in [-0.1, -0.05) is 64.9 Å². The van der Waals surface area contributed by atoms with E-state index in [0.717, 1.165) is 33.5 Å². The SMILES string of the molecule is CC(C)(C)c1cc(/C=C2\SC(=S)N(NC(=O)c3ccc(Cl)cc3)C2=O)cc(C(C)(C)C)c1O. The van der Waals surface area contributed by atoms with Crippen molar-refractivity contribution in [1.82, 2.24) is 10.4 Å². The Balaban J connectivity index is 1.94. The summed E-state index contributed by atoms with van der Waals surface area (Å²) in [5.41, 5.74) is 4.73. The lowest BCUT2D eigenvalue weighted by Crippen LogP contribution is -2.44. The van der Waals surface area contributed by atoms with Crippen molar-refractivity contribution < 1.29 is 14.7 Å². The molecule has 2 aromatic carbocycles. The first kappa shape index (κ1) is 25.3. The third kappa shape index (κ3) is 5.60. The van der Waals surface area contributed by atoms with Gasteiger partial charge in [-0.15, -0.1) is 0 Å². The van der Waals surface area contributed by atoms with Gasteiger partial charge in [0.1, 0.15) is 5.75 Å². The molecule has 174 valence electrons. The molecule has 0 atom stereocenters. The molecule has 3 rings (SSSR count). The van der Waals surface area contributed by atoms with Crippen LogP contribution in [0.3, 0.4) is 0 Å². The van der Waals surface area contributed by atoms with E-state index in [1.54, 1.807) is 30.3 Å². The summed E-state index contributed by atoms with van der Waals surface area (Å²) < 4.78 is 0.236. The van der Waals surface area contributed by atoms with Crippen molar-refractivity contribution in [3.63, 3.8) is 0 Å². The van der Waals surface area contributed by atoms with Crippen LogP contribution in [-0.4, -0.2) is 26.3 Å². The molecule has 2 amide bonds. The lowest BCUT2D eigenvalue weighted by Gasteiger charge is -2.28. The van der Waals surface area contributed by atoms with Gasteiger partial charge in [-0.25, -0.2) is 0 Å². The van der Waals surface area contributed by atoms with Gasteiger partial charge in [-0.2, -0.15) is 5.01 Å². The van der Waals surface area contributed by atoms with Crippen LogP contribution in [0.15, 0.2) is 41.3 Å². The standard InChI is InChI=1S/C25H27ClN2O3S2/c1-24(2,3)17-11-14(12-18(20(17)29)25(4,5)6)13-19-22(31)28(23(32)33-19)27-21(30)15-7-9-16(26)10-8-15/h7-13,29H,1-6H3,(H,27,30)/b19-13-. The molecule has 1 aliphatic heterocycles. The van der Waals surface area contributed by atoms with E-state index < -0.39 is 11.8 Å². The van der Waals surface area contributed by atoms with Crippen molar-refractivity contribution in [2.24, 2.45) is 0 Å². The van der Waals surface area contributed by atoms with E-state index in [2.05, 4.69) is 5.43 Å². The number of thiocarbonyl (C=S) groups is 1. The topological polar surface area (TPSA) is 69.6 Å². The van der Waals surface area contributed by atoms with Crippen LogP contribution in [0, 0.1) is 0 Å². The molecule has 1 aliphatic rings. The van der Waals surface area contributed by atoms with E-state index in [1.807, 2.05) is 53.7 Å². The number of thioether (sulfide) groups is 1. The van der Waals surface area contributed by atoms with E-state index in [9.17, 15) is 14.7 Å². The number of nitrogens with zero attached hydrogens (tertiary/aromatic N) is 1. The fraction of sp³-hybridized carbons (Fsp3) is 0.320. The van der Waals surface area contributed by atoms with E-state index in [-0.39, 0.29) is 20.9 Å². The second-order valence-corrected chi connectivity index (χ2v) is 12.0. The van der Waals surface area contributed by atoms with Crippen LogP contribution in [0.25, 0.3) is 6.08 Å². The maximum absolute atomic E-state index is 13.0. The zero-order valence-corrected chi connectivity index (χ0v) is 21.8. The Bertz CT molecular complexity index is 1120. The predicted octanol–water partition coefficient (Wildman–Crippen LogP) is 6.19. The van der Waals surface area contributed by atoms with Gasteiger partial charge in [0.05, 0.1) is 4.91 Å². The third-order valence-corrected chi connectivity index (χ3v) is 6.71. The maximum atomic E-state index is 13.0. The Morgan fingerprint density at radius 1 is 1.06 bits per heavy atom. The largest absolute Gasteiger partial charge is 0.507 e. The van der Waals surface area contributed by atoms with Crippen molar-refractivity contribution in [2.45, 2.75) is 52.4 Å². The van der Waals surface area contributed by atoms with Gasteiger partial charge in [-0.3, -0.25) is 15.0 Å². The molecule has 1 saturated heterocycles. The van der Waals surface area contributed by atoms with E-state index >= 15 is 0 Å². The van der Waals surface area contributed by atoms with Crippen LogP contribution < -0.4 is 5.43 Å². The van der Waals surface area contributed by atoms with Crippen molar-refractivity contribution in [2.75, 3.05) is 0 Å². The number of rotatable bonds is 3. The molecule has 0 aromatic heterocycles. The normalized spacial score (nSPS) is 16.0. The van der Waals surface area contributed by atoms with Crippen LogP contribution in [0.1, 0.15) is 68.6 Å². The molecule has 0 spiro atoms. The number of halogens is 1. The third-order valence-electron chi connectivity index (χ3n) is 5.16. The molecule has 2 aromatic rings. The first-order valence-electron chi connectivity index (χ1n) is 10.4. The second-order valence-electron chi connectivity index (χ2n) is 9.93. The summed E-state index contributed by atoms with van der Waals surface area (Å²) in [6.07, 6.45) is 1.75. The minimum absolute atomic E-state index is 0.236. The zero-order chi connectivity index (χ0) is 24.7. The minimum Gasteiger partial charge on any atom is -0.507 e. The molecular formula is C25H27ClN2O3S2. The minimum atomic E-state index is -0.459. The van der Waals surface area contributed by atoms with Crippen LogP contribution in [0.5, 0.6) is 5.75 Å². The fourth-order valence-corrected chi connectivity index (χ4v) is 4.67. The van der Waals surface area contributed by atoms with Crippen LogP contribution in [0.4, 0.5) is 0 Å². The summed E-state index contributed by atoms with van der Waals surface area (Å²) in [5, 5.41) is 12.5. The maximum Gasteiger partial charge on any atom is 0.285 e. The number of hydrogen-bond donors (Lipinski definition) is 2. The van der Waals surface area contributed by atoms with Crippen molar-refractivity contribution in [1.29, 1.82) is 0 Å². The quantitative estimate of drug-likeness (QED) is 0.387. The molecule has 0 bridgehead atoms. The molecule has 0 aliphatic carbocycles. The fourth-order valence-electron chi connectivity index (χ4n) is 3.37. The smallest absolute Gasteiger partial charge is 0.285 e. The van der Waals surface area contributed by atoms with Gasteiger partial charge in [0, 0.05) is 21.7 Å². The molecule has 0 radical (unpaired) electrons. The number of amides is 2. The number of carbonyl (C=O) groups is 2. The number of hydrazine groups is 1. The highest BCUT2D eigenvalue weighted by molar-refractivity contribution is 8.26. The Morgan fingerprint density at radius 3 is 2.06 bits per heavy atom. The Hall–Kier alpha value is -2.35. The molecule has 1 fully saturated rings. The van der Waals surface area contributed by atoms with E-state index in [0.29, 0.717) is 15.5 Å². The Morgan fingerprint density at radius 2 is 1.58 bits per heavy atom. The number of hydrogen-bond acceptors (Lipinski definition) is 5. The highest BCUT2D eigenvalue weighted by Gasteiger charge is 2.34. The highest BCUT2D eigenvalue weighted by Crippen LogP contribution is 2.41. The summed E-state index contributed by atoms with van der Waals surface area (Å²) in [5.74, 6) is -0.594. The number of phenols is 1. The summed E-state index contributed by atoms with van der Waals surface area (Å²) in [6, 6.07) is 10.1. The predicted molar refractivity (Wildman–Crippen MR) is 139 cm³/mol.